The Kier molecular flexibility index (Phi) is 3.96. The molecule has 1 aromatic rings. The first-order valence-corrected chi connectivity index (χ1v) is 6.31. The zero-order valence-electron chi connectivity index (χ0n) is 10.1. The standard InChI is InChI=1S/C11H14ClN3O3/c1-7-9(15(16)17)10(14-11(12)13-7)18-8-5-3-2-4-6-8/h8H,2-6H2,1H3. The summed E-state index contributed by atoms with van der Waals surface area (Å²) in [7, 11) is 0. The van der Waals surface area contributed by atoms with Crippen molar-refractivity contribution in [2.45, 2.75) is 45.1 Å². The van der Waals surface area contributed by atoms with Crippen molar-refractivity contribution in [1.29, 1.82) is 0 Å². The number of rotatable bonds is 3. The van der Waals surface area contributed by atoms with Crippen molar-refractivity contribution < 1.29 is 9.66 Å². The van der Waals surface area contributed by atoms with E-state index in [0.717, 1.165) is 25.7 Å². The zero-order chi connectivity index (χ0) is 13.1. The molecule has 0 amide bonds. The van der Waals surface area contributed by atoms with E-state index in [4.69, 9.17) is 16.3 Å². The number of aryl methyl sites for hydroxylation is 1. The fraction of sp³-hybridized carbons (Fsp3) is 0.636. The maximum Gasteiger partial charge on any atom is 0.352 e. The lowest BCUT2D eigenvalue weighted by Gasteiger charge is -2.22. The number of ether oxygens (including phenoxy) is 1. The molecule has 0 radical (unpaired) electrons. The van der Waals surface area contributed by atoms with Gasteiger partial charge in [-0.1, -0.05) is 6.42 Å². The van der Waals surface area contributed by atoms with E-state index in [9.17, 15) is 10.1 Å². The largest absolute Gasteiger partial charge is 0.469 e. The summed E-state index contributed by atoms with van der Waals surface area (Å²) in [6.45, 7) is 1.53. The first-order chi connectivity index (χ1) is 8.58. The number of aromatic nitrogens is 2. The molecule has 0 aliphatic heterocycles. The maximum atomic E-state index is 11.0. The summed E-state index contributed by atoms with van der Waals surface area (Å²) in [5.74, 6) is -0.00981. The minimum atomic E-state index is -0.524. The summed E-state index contributed by atoms with van der Waals surface area (Å²) < 4.78 is 5.63. The van der Waals surface area contributed by atoms with Gasteiger partial charge in [-0.25, -0.2) is 4.98 Å². The van der Waals surface area contributed by atoms with Crippen LogP contribution < -0.4 is 4.74 Å². The molecule has 1 aromatic heterocycles. The van der Waals surface area contributed by atoms with Gasteiger partial charge in [0.25, 0.3) is 5.88 Å². The zero-order valence-corrected chi connectivity index (χ0v) is 10.8. The Bertz CT molecular complexity index is 461. The monoisotopic (exact) mass is 271 g/mol. The third-order valence-corrected chi connectivity index (χ3v) is 3.18. The molecule has 0 saturated heterocycles. The lowest BCUT2D eigenvalue weighted by atomic mass is 9.98. The van der Waals surface area contributed by atoms with Crippen molar-refractivity contribution in [2.24, 2.45) is 0 Å². The fourth-order valence-corrected chi connectivity index (χ4v) is 2.34. The first kappa shape index (κ1) is 13.0. The first-order valence-electron chi connectivity index (χ1n) is 5.93. The second-order valence-corrected chi connectivity index (χ2v) is 4.70. The molecule has 6 nitrogen and oxygen atoms in total. The predicted molar refractivity (Wildman–Crippen MR) is 65.9 cm³/mol. The van der Waals surface area contributed by atoms with Gasteiger partial charge < -0.3 is 4.74 Å². The summed E-state index contributed by atoms with van der Waals surface area (Å²) in [4.78, 5) is 18.1. The molecule has 1 saturated carbocycles. The summed E-state index contributed by atoms with van der Waals surface area (Å²) >= 11 is 5.72. The summed E-state index contributed by atoms with van der Waals surface area (Å²) in [5, 5.41) is 11.0. The molecule has 1 heterocycles. The Hall–Kier alpha value is -1.43. The molecule has 18 heavy (non-hydrogen) atoms. The highest BCUT2D eigenvalue weighted by molar-refractivity contribution is 6.28. The van der Waals surface area contributed by atoms with Gasteiger partial charge in [-0.3, -0.25) is 10.1 Å². The molecule has 1 aliphatic carbocycles. The molecule has 1 fully saturated rings. The van der Waals surface area contributed by atoms with Crippen molar-refractivity contribution in [2.75, 3.05) is 0 Å². The topological polar surface area (TPSA) is 78.2 Å². The van der Waals surface area contributed by atoms with E-state index in [1.807, 2.05) is 0 Å². The van der Waals surface area contributed by atoms with Crippen LogP contribution in [0.4, 0.5) is 5.69 Å². The van der Waals surface area contributed by atoms with E-state index < -0.39 is 4.92 Å². The molecular formula is C11H14ClN3O3. The van der Waals surface area contributed by atoms with Crippen LogP contribution in [0.2, 0.25) is 5.28 Å². The van der Waals surface area contributed by atoms with E-state index in [2.05, 4.69) is 9.97 Å². The number of hydrogen-bond donors (Lipinski definition) is 0. The highest BCUT2D eigenvalue weighted by atomic mass is 35.5. The second-order valence-electron chi connectivity index (χ2n) is 4.37. The van der Waals surface area contributed by atoms with Crippen LogP contribution in [0.25, 0.3) is 0 Å². The van der Waals surface area contributed by atoms with Gasteiger partial charge in [0.2, 0.25) is 5.28 Å². The van der Waals surface area contributed by atoms with Gasteiger partial charge in [-0.15, -0.1) is 0 Å². The van der Waals surface area contributed by atoms with Gasteiger partial charge in [0.05, 0.1) is 4.92 Å². The van der Waals surface area contributed by atoms with Crippen LogP contribution >= 0.6 is 11.6 Å². The highest BCUT2D eigenvalue weighted by Crippen LogP contribution is 2.31. The summed E-state index contributed by atoms with van der Waals surface area (Å²) in [6.07, 6.45) is 5.14. The minimum absolute atomic E-state index is 0.00981. The molecule has 2 rings (SSSR count). The Morgan fingerprint density at radius 3 is 2.61 bits per heavy atom. The Balaban J connectivity index is 2.27. The Morgan fingerprint density at radius 2 is 2.00 bits per heavy atom. The molecule has 0 aromatic carbocycles. The van der Waals surface area contributed by atoms with Crippen molar-refractivity contribution in [1.82, 2.24) is 9.97 Å². The van der Waals surface area contributed by atoms with Crippen LogP contribution in [-0.4, -0.2) is 21.0 Å². The maximum absolute atomic E-state index is 11.0. The third-order valence-electron chi connectivity index (χ3n) is 3.01. The van der Waals surface area contributed by atoms with Crippen molar-refractivity contribution in [3.8, 4) is 5.88 Å². The number of hydrogen-bond acceptors (Lipinski definition) is 5. The lowest BCUT2D eigenvalue weighted by Crippen LogP contribution is -2.21. The van der Waals surface area contributed by atoms with Crippen LogP contribution in [0.3, 0.4) is 0 Å². The Labute approximate surface area is 109 Å². The van der Waals surface area contributed by atoms with Gasteiger partial charge >= 0.3 is 5.69 Å². The fourth-order valence-electron chi connectivity index (χ4n) is 2.14. The Morgan fingerprint density at radius 1 is 1.33 bits per heavy atom. The van der Waals surface area contributed by atoms with Crippen LogP contribution in [0.1, 0.15) is 37.8 Å². The third kappa shape index (κ3) is 2.87. The van der Waals surface area contributed by atoms with Gasteiger partial charge in [0.15, 0.2) is 0 Å². The van der Waals surface area contributed by atoms with Crippen molar-refractivity contribution in [3.63, 3.8) is 0 Å². The summed E-state index contributed by atoms with van der Waals surface area (Å²) in [5.41, 5.74) is 0.0378. The van der Waals surface area contributed by atoms with Crippen LogP contribution in [0.15, 0.2) is 0 Å². The second kappa shape index (κ2) is 5.48. The SMILES string of the molecule is Cc1nc(Cl)nc(OC2CCCCC2)c1[N+](=O)[O-]. The number of nitro groups is 1. The van der Waals surface area contributed by atoms with E-state index in [-0.39, 0.29) is 28.6 Å². The normalized spacial score (nSPS) is 16.6. The van der Waals surface area contributed by atoms with Crippen LogP contribution in [0.5, 0.6) is 5.88 Å². The highest BCUT2D eigenvalue weighted by Gasteiger charge is 2.26. The number of nitrogens with zero attached hydrogens (tertiary/aromatic N) is 3. The van der Waals surface area contributed by atoms with E-state index in [0.29, 0.717) is 0 Å². The van der Waals surface area contributed by atoms with Crippen molar-refractivity contribution in [3.05, 3.63) is 21.1 Å². The van der Waals surface area contributed by atoms with E-state index >= 15 is 0 Å². The average Bonchev–Trinajstić information content (AvgIpc) is 2.28. The molecular weight excluding hydrogens is 258 g/mol. The van der Waals surface area contributed by atoms with E-state index in [1.54, 1.807) is 0 Å². The van der Waals surface area contributed by atoms with Crippen LogP contribution in [0, 0.1) is 17.0 Å². The smallest absolute Gasteiger partial charge is 0.352 e. The van der Waals surface area contributed by atoms with Gasteiger partial charge in [-0.05, 0) is 44.2 Å². The molecule has 1 aliphatic rings. The average molecular weight is 272 g/mol. The lowest BCUT2D eigenvalue weighted by molar-refractivity contribution is -0.387. The predicted octanol–water partition coefficient (Wildman–Crippen LogP) is 3.06. The minimum Gasteiger partial charge on any atom is -0.469 e. The van der Waals surface area contributed by atoms with Crippen LogP contribution in [-0.2, 0) is 0 Å². The molecule has 0 N–H and O–H groups in total. The molecule has 0 unspecified atom stereocenters. The molecule has 98 valence electrons. The van der Waals surface area contributed by atoms with Crippen molar-refractivity contribution >= 4 is 17.3 Å². The van der Waals surface area contributed by atoms with Gasteiger partial charge in [0.1, 0.15) is 11.8 Å². The van der Waals surface area contributed by atoms with Gasteiger partial charge in [-0.2, -0.15) is 4.98 Å². The molecule has 0 atom stereocenters. The molecule has 0 spiro atoms. The van der Waals surface area contributed by atoms with E-state index in [1.165, 1.54) is 13.3 Å². The van der Waals surface area contributed by atoms with Gasteiger partial charge in [0, 0.05) is 0 Å². The molecule has 0 bridgehead atoms. The number of halogens is 1. The summed E-state index contributed by atoms with van der Waals surface area (Å²) in [6, 6.07) is 0. The quantitative estimate of drug-likeness (QED) is 0.480. The molecule has 7 heteroatoms.